The topological polar surface area (TPSA) is 60.7 Å². The summed E-state index contributed by atoms with van der Waals surface area (Å²) in [6, 6.07) is 9.73. The van der Waals surface area contributed by atoms with Crippen molar-refractivity contribution in [1.29, 1.82) is 0 Å². The normalized spacial score (nSPS) is 11.8. The molecule has 1 amide bonds. The third-order valence-electron chi connectivity index (χ3n) is 4.62. The SMILES string of the molecule is COC(=O)Cn1c(=NC(=O)c2ccc(C)cc2C)sc2cc(C)c(C)cc21. The van der Waals surface area contributed by atoms with Gasteiger partial charge in [-0.15, -0.1) is 0 Å². The molecule has 0 unspecified atom stereocenters. The van der Waals surface area contributed by atoms with Crippen molar-refractivity contribution >= 4 is 33.4 Å². The fraction of sp³-hybridized carbons (Fsp3) is 0.286. The van der Waals surface area contributed by atoms with Crippen LogP contribution in [0.15, 0.2) is 35.3 Å². The second-order valence-electron chi connectivity index (χ2n) is 6.69. The Balaban J connectivity index is 2.19. The average Bonchev–Trinajstić information content (AvgIpc) is 2.91. The summed E-state index contributed by atoms with van der Waals surface area (Å²) in [5, 5.41) is 0. The van der Waals surface area contributed by atoms with Crippen LogP contribution < -0.4 is 4.80 Å². The van der Waals surface area contributed by atoms with E-state index >= 15 is 0 Å². The minimum Gasteiger partial charge on any atom is -0.468 e. The Bertz CT molecular complexity index is 1120. The van der Waals surface area contributed by atoms with Gasteiger partial charge in [0.05, 0.1) is 17.3 Å². The first kappa shape index (κ1) is 19.0. The summed E-state index contributed by atoms with van der Waals surface area (Å²) >= 11 is 1.40. The number of hydrogen-bond donors (Lipinski definition) is 0. The van der Waals surface area contributed by atoms with Crippen LogP contribution in [0, 0.1) is 27.7 Å². The van der Waals surface area contributed by atoms with Crippen LogP contribution in [-0.2, 0) is 16.1 Å². The number of carbonyl (C=O) groups excluding carboxylic acids is 2. The van der Waals surface area contributed by atoms with Gasteiger partial charge >= 0.3 is 5.97 Å². The van der Waals surface area contributed by atoms with Gasteiger partial charge in [0.25, 0.3) is 5.91 Å². The first-order valence-corrected chi connectivity index (χ1v) is 9.45. The second kappa shape index (κ2) is 7.48. The lowest BCUT2D eigenvalue weighted by Crippen LogP contribution is -2.22. The van der Waals surface area contributed by atoms with E-state index in [9.17, 15) is 9.59 Å². The number of carbonyl (C=O) groups is 2. The molecule has 1 aromatic heterocycles. The monoisotopic (exact) mass is 382 g/mol. The molecule has 0 N–H and O–H groups in total. The first-order chi connectivity index (χ1) is 12.8. The molecule has 0 aliphatic heterocycles. The standard InChI is InChI=1S/C21H22N2O3S/c1-12-6-7-16(15(4)8-12)20(25)22-21-23(11-19(24)26-5)17-9-13(2)14(3)10-18(17)27-21/h6-10H,11H2,1-5H3. The molecular weight excluding hydrogens is 360 g/mol. The van der Waals surface area contributed by atoms with Crippen molar-refractivity contribution in [2.24, 2.45) is 4.99 Å². The van der Waals surface area contributed by atoms with Gasteiger partial charge in [-0.2, -0.15) is 4.99 Å². The minimum absolute atomic E-state index is 0.0119. The van der Waals surface area contributed by atoms with Crippen LogP contribution in [0.2, 0.25) is 0 Å². The maximum Gasteiger partial charge on any atom is 0.325 e. The fourth-order valence-electron chi connectivity index (χ4n) is 2.95. The van der Waals surface area contributed by atoms with Crippen LogP contribution in [0.3, 0.4) is 0 Å². The van der Waals surface area contributed by atoms with E-state index in [0.29, 0.717) is 10.4 Å². The number of aryl methyl sites for hydroxylation is 4. The maximum absolute atomic E-state index is 12.8. The van der Waals surface area contributed by atoms with Gasteiger partial charge in [-0.25, -0.2) is 0 Å². The Kier molecular flexibility index (Phi) is 5.28. The van der Waals surface area contributed by atoms with Gasteiger partial charge in [0.15, 0.2) is 4.80 Å². The highest BCUT2D eigenvalue weighted by molar-refractivity contribution is 7.16. The summed E-state index contributed by atoms with van der Waals surface area (Å²) < 4.78 is 7.55. The molecule has 2 aromatic carbocycles. The highest BCUT2D eigenvalue weighted by atomic mass is 32.1. The zero-order valence-electron chi connectivity index (χ0n) is 16.1. The summed E-state index contributed by atoms with van der Waals surface area (Å²) in [5.74, 6) is -0.695. The van der Waals surface area contributed by atoms with Crippen molar-refractivity contribution in [2.75, 3.05) is 7.11 Å². The fourth-order valence-corrected chi connectivity index (χ4v) is 4.06. The van der Waals surface area contributed by atoms with E-state index in [0.717, 1.165) is 32.5 Å². The molecule has 27 heavy (non-hydrogen) atoms. The summed E-state index contributed by atoms with van der Waals surface area (Å²) in [4.78, 5) is 29.5. The summed E-state index contributed by atoms with van der Waals surface area (Å²) in [6.07, 6.45) is 0. The number of benzene rings is 2. The summed E-state index contributed by atoms with van der Waals surface area (Å²) in [5.41, 5.74) is 5.69. The van der Waals surface area contributed by atoms with E-state index in [-0.39, 0.29) is 18.4 Å². The van der Waals surface area contributed by atoms with Gasteiger partial charge < -0.3 is 9.30 Å². The number of methoxy groups -OCH3 is 1. The molecule has 0 aliphatic rings. The third kappa shape index (κ3) is 3.85. The van der Waals surface area contributed by atoms with Crippen molar-refractivity contribution in [2.45, 2.75) is 34.2 Å². The Morgan fingerprint density at radius 3 is 2.41 bits per heavy atom. The van der Waals surface area contributed by atoms with Gasteiger partial charge in [-0.3, -0.25) is 9.59 Å². The van der Waals surface area contributed by atoms with E-state index in [2.05, 4.69) is 11.1 Å². The smallest absolute Gasteiger partial charge is 0.325 e. The Labute approximate surface area is 161 Å². The van der Waals surface area contributed by atoms with E-state index in [4.69, 9.17) is 4.74 Å². The van der Waals surface area contributed by atoms with Gasteiger partial charge in [0, 0.05) is 5.56 Å². The molecule has 140 valence electrons. The van der Waals surface area contributed by atoms with E-state index < -0.39 is 0 Å². The summed E-state index contributed by atoms with van der Waals surface area (Å²) in [6.45, 7) is 7.95. The Morgan fingerprint density at radius 1 is 1.04 bits per heavy atom. The van der Waals surface area contributed by atoms with E-state index in [1.807, 2.05) is 45.9 Å². The number of nitrogens with zero attached hydrogens (tertiary/aromatic N) is 2. The summed E-state index contributed by atoms with van der Waals surface area (Å²) in [7, 11) is 1.35. The largest absolute Gasteiger partial charge is 0.468 e. The van der Waals surface area contributed by atoms with Crippen LogP contribution in [0.1, 0.15) is 32.6 Å². The maximum atomic E-state index is 12.8. The molecule has 3 aromatic rings. The predicted molar refractivity (Wildman–Crippen MR) is 107 cm³/mol. The van der Waals surface area contributed by atoms with Crippen LogP contribution in [-0.4, -0.2) is 23.6 Å². The number of hydrogen-bond acceptors (Lipinski definition) is 4. The molecule has 1 heterocycles. The number of thiazole rings is 1. The average molecular weight is 382 g/mol. The van der Waals surface area contributed by atoms with Crippen molar-refractivity contribution in [1.82, 2.24) is 4.57 Å². The lowest BCUT2D eigenvalue weighted by atomic mass is 10.1. The number of ether oxygens (including phenoxy) is 1. The molecule has 6 heteroatoms. The van der Waals surface area contributed by atoms with E-state index in [1.54, 1.807) is 10.6 Å². The lowest BCUT2D eigenvalue weighted by Gasteiger charge is -2.06. The minimum atomic E-state index is -0.381. The molecule has 0 aliphatic carbocycles. The van der Waals surface area contributed by atoms with Gasteiger partial charge in [0.1, 0.15) is 6.54 Å². The van der Waals surface area contributed by atoms with Crippen LogP contribution in [0.25, 0.3) is 10.2 Å². The zero-order valence-corrected chi connectivity index (χ0v) is 16.9. The molecule has 3 rings (SSSR count). The lowest BCUT2D eigenvalue weighted by molar-refractivity contribution is -0.141. The van der Waals surface area contributed by atoms with Gasteiger partial charge in [0.2, 0.25) is 0 Å². The number of esters is 1. The van der Waals surface area contributed by atoms with Crippen LogP contribution >= 0.6 is 11.3 Å². The molecule has 5 nitrogen and oxygen atoms in total. The molecule has 0 saturated carbocycles. The molecule has 0 fully saturated rings. The van der Waals surface area contributed by atoms with Crippen molar-refractivity contribution in [3.05, 3.63) is 63.0 Å². The third-order valence-corrected chi connectivity index (χ3v) is 5.66. The molecule has 0 atom stereocenters. The quantitative estimate of drug-likeness (QED) is 0.647. The predicted octanol–water partition coefficient (Wildman–Crippen LogP) is 3.85. The van der Waals surface area contributed by atoms with Crippen molar-refractivity contribution in [3.8, 4) is 0 Å². The highest BCUT2D eigenvalue weighted by Crippen LogP contribution is 2.22. The highest BCUT2D eigenvalue weighted by Gasteiger charge is 2.14. The van der Waals surface area contributed by atoms with Gasteiger partial charge in [-0.05, 0) is 62.6 Å². The van der Waals surface area contributed by atoms with Crippen LogP contribution in [0.5, 0.6) is 0 Å². The second-order valence-corrected chi connectivity index (χ2v) is 7.70. The molecule has 0 bridgehead atoms. The van der Waals surface area contributed by atoms with Crippen LogP contribution in [0.4, 0.5) is 0 Å². The molecule has 0 saturated heterocycles. The number of rotatable bonds is 3. The zero-order chi connectivity index (χ0) is 19.7. The molecule has 0 radical (unpaired) electrons. The number of fused-ring (bicyclic) bond motifs is 1. The number of amides is 1. The Morgan fingerprint density at radius 2 is 1.74 bits per heavy atom. The molecule has 0 spiro atoms. The Hall–Kier alpha value is -2.73. The first-order valence-electron chi connectivity index (χ1n) is 8.64. The van der Waals surface area contributed by atoms with E-state index in [1.165, 1.54) is 18.4 Å². The van der Waals surface area contributed by atoms with Gasteiger partial charge in [-0.1, -0.05) is 29.0 Å². The number of aromatic nitrogens is 1. The van der Waals surface area contributed by atoms with Crippen molar-refractivity contribution in [3.63, 3.8) is 0 Å². The molecular formula is C21H22N2O3S. The van der Waals surface area contributed by atoms with Crippen molar-refractivity contribution < 1.29 is 14.3 Å².